The summed E-state index contributed by atoms with van der Waals surface area (Å²) in [6.45, 7) is 7.19. The minimum Gasteiger partial charge on any atom is -0.468 e. The molecule has 1 N–H and O–H groups in total. The van der Waals surface area contributed by atoms with E-state index >= 15 is 0 Å². The normalized spacial score (nSPS) is 26.8. The predicted octanol–water partition coefficient (Wildman–Crippen LogP) is 2.02. The molecule has 1 amide bonds. The molecule has 2 atom stereocenters. The van der Waals surface area contributed by atoms with Crippen molar-refractivity contribution in [1.82, 2.24) is 5.32 Å². The largest absolute Gasteiger partial charge is 0.468 e. The molecule has 102 valence electrons. The van der Waals surface area contributed by atoms with Crippen molar-refractivity contribution >= 4 is 12.1 Å². The third-order valence-corrected chi connectivity index (χ3v) is 2.69. The number of ether oxygens (including phenoxy) is 2. The maximum Gasteiger partial charge on any atom is 0.408 e. The summed E-state index contributed by atoms with van der Waals surface area (Å²) in [5.74, 6) is -0.299. The standard InChI is InChI=1S/C13H21NO4/c1-12(2,3)18-11(16)14-9-6-7-13(4,8-9)10(15)17-5/h6-7,9H,8H2,1-5H3,(H,14,16)/t9-,13+/m0/s1. The first-order valence-electron chi connectivity index (χ1n) is 5.93. The summed E-state index contributed by atoms with van der Waals surface area (Å²) in [6, 6.07) is -0.205. The lowest BCUT2D eigenvalue weighted by Gasteiger charge is -2.23. The van der Waals surface area contributed by atoms with Gasteiger partial charge in [0.2, 0.25) is 0 Å². The number of hydrogen-bond donors (Lipinski definition) is 1. The lowest BCUT2D eigenvalue weighted by Crippen LogP contribution is -2.39. The number of amides is 1. The minimum atomic E-state index is -0.672. The van der Waals surface area contributed by atoms with Crippen molar-refractivity contribution in [3.63, 3.8) is 0 Å². The van der Waals surface area contributed by atoms with E-state index in [-0.39, 0.29) is 12.0 Å². The summed E-state index contributed by atoms with van der Waals surface area (Å²) in [4.78, 5) is 23.2. The van der Waals surface area contributed by atoms with E-state index in [0.717, 1.165) is 0 Å². The van der Waals surface area contributed by atoms with Crippen LogP contribution in [0.4, 0.5) is 4.79 Å². The molecule has 0 aromatic heterocycles. The highest BCUT2D eigenvalue weighted by Crippen LogP contribution is 2.32. The molecule has 5 heteroatoms. The molecule has 0 heterocycles. The number of esters is 1. The first-order valence-corrected chi connectivity index (χ1v) is 5.93. The number of rotatable bonds is 2. The molecule has 0 aliphatic heterocycles. The van der Waals surface area contributed by atoms with Crippen molar-refractivity contribution in [2.75, 3.05) is 7.11 Å². The SMILES string of the molecule is COC(=O)[C@]1(C)C=C[C@H](NC(=O)OC(C)(C)C)C1. The van der Waals surface area contributed by atoms with Gasteiger partial charge in [-0.05, 0) is 34.1 Å². The molecular formula is C13H21NO4. The molecule has 0 saturated carbocycles. The highest BCUT2D eigenvalue weighted by molar-refractivity contribution is 5.80. The first kappa shape index (κ1) is 14.5. The number of carbonyl (C=O) groups excluding carboxylic acids is 2. The molecule has 18 heavy (non-hydrogen) atoms. The van der Waals surface area contributed by atoms with Crippen LogP contribution in [0.3, 0.4) is 0 Å². The van der Waals surface area contributed by atoms with Crippen LogP contribution >= 0.6 is 0 Å². The van der Waals surface area contributed by atoms with Crippen molar-refractivity contribution < 1.29 is 19.1 Å². The molecule has 5 nitrogen and oxygen atoms in total. The lowest BCUT2D eigenvalue weighted by atomic mass is 9.89. The van der Waals surface area contributed by atoms with Crippen LogP contribution in [0.25, 0.3) is 0 Å². The number of nitrogens with one attached hydrogen (secondary N) is 1. The Bertz CT molecular complexity index is 370. The molecule has 1 rings (SSSR count). The summed E-state index contributed by atoms with van der Waals surface area (Å²) in [5.41, 5.74) is -1.20. The van der Waals surface area contributed by atoms with Crippen LogP contribution < -0.4 is 5.32 Å². The Labute approximate surface area is 108 Å². The van der Waals surface area contributed by atoms with Gasteiger partial charge >= 0.3 is 12.1 Å². The Morgan fingerprint density at radius 3 is 2.50 bits per heavy atom. The van der Waals surface area contributed by atoms with E-state index in [4.69, 9.17) is 9.47 Å². The highest BCUT2D eigenvalue weighted by atomic mass is 16.6. The fourth-order valence-corrected chi connectivity index (χ4v) is 1.86. The summed E-state index contributed by atoms with van der Waals surface area (Å²) in [7, 11) is 1.36. The van der Waals surface area contributed by atoms with E-state index in [1.807, 2.05) is 0 Å². The van der Waals surface area contributed by atoms with Crippen LogP contribution in [0, 0.1) is 5.41 Å². The second-order valence-electron chi connectivity index (χ2n) is 5.73. The van der Waals surface area contributed by atoms with Crippen molar-refractivity contribution in [2.24, 2.45) is 5.41 Å². The lowest BCUT2D eigenvalue weighted by molar-refractivity contribution is -0.149. The van der Waals surface area contributed by atoms with Crippen LogP contribution in [0.2, 0.25) is 0 Å². The Morgan fingerprint density at radius 1 is 1.39 bits per heavy atom. The van der Waals surface area contributed by atoms with Gasteiger partial charge in [-0.2, -0.15) is 0 Å². The van der Waals surface area contributed by atoms with Gasteiger partial charge in [0.25, 0.3) is 0 Å². The Morgan fingerprint density at radius 2 is 2.00 bits per heavy atom. The number of alkyl carbamates (subject to hydrolysis) is 1. The second kappa shape index (κ2) is 5.00. The topological polar surface area (TPSA) is 64.6 Å². The second-order valence-corrected chi connectivity index (χ2v) is 5.73. The average Bonchev–Trinajstić information content (AvgIpc) is 2.57. The van der Waals surface area contributed by atoms with Crippen LogP contribution in [0.1, 0.15) is 34.1 Å². The molecule has 1 aliphatic carbocycles. The predicted molar refractivity (Wildman–Crippen MR) is 67.0 cm³/mol. The summed E-state index contributed by atoms with van der Waals surface area (Å²) < 4.78 is 9.89. The first-order chi connectivity index (χ1) is 8.16. The monoisotopic (exact) mass is 255 g/mol. The fraction of sp³-hybridized carbons (Fsp3) is 0.692. The molecule has 0 saturated heterocycles. The molecule has 0 unspecified atom stereocenters. The zero-order chi connectivity index (χ0) is 14.0. The average molecular weight is 255 g/mol. The maximum absolute atomic E-state index is 11.6. The Kier molecular flexibility index (Phi) is 4.04. The zero-order valence-corrected chi connectivity index (χ0v) is 11.6. The van der Waals surface area contributed by atoms with Crippen LogP contribution in [0.5, 0.6) is 0 Å². The zero-order valence-electron chi connectivity index (χ0n) is 11.6. The van der Waals surface area contributed by atoms with Gasteiger partial charge in [0.1, 0.15) is 5.60 Å². The van der Waals surface area contributed by atoms with Gasteiger partial charge in [-0.15, -0.1) is 0 Å². The van der Waals surface area contributed by atoms with Gasteiger partial charge in [0.05, 0.1) is 18.6 Å². The fourth-order valence-electron chi connectivity index (χ4n) is 1.86. The van der Waals surface area contributed by atoms with E-state index in [0.29, 0.717) is 6.42 Å². The smallest absolute Gasteiger partial charge is 0.408 e. The molecule has 0 aromatic rings. The maximum atomic E-state index is 11.6. The third kappa shape index (κ3) is 3.75. The number of carbonyl (C=O) groups is 2. The van der Waals surface area contributed by atoms with Crippen LogP contribution in [-0.4, -0.2) is 30.8 Å². The molecule has 0 fully saturated rings. The molecule has 0 bridgehead atoms. The van der Waals surface area contributed by atoms with E-state index in [9.17, 15) is 9.59 Å². The summed E-state index contributed by atoms with van der Waals surface area (Å²) >= 11 is 0. The van der Waals surface area contributed by atoms with Gasteiger partial charge in [-0.1, -0.05) is 12.2 Å². The van der Waals surface area contributed by atoms with Gasteiger partial charge in [-0.3, -0.25) is 4.79 Å². The van der Waals surface area contributed by atoms with Crippen LogP contribution in [0.15, 0.2) is 12.2 Å². The quantitative estimate of drug-likeness (QED) is 0.605. The molecule has 0 radical (unpaired) electrons. The Balaban J connectivity index is 2.52. The third-order valence-electron chi connectivity index (χ3n) is 2.69. The minimum absolute atomic E-state index is 0.205. The van der Waals surface area contributed by atoms with E-state index < -0.39 is 17.1 Å². The number of methoxy groups -OCH3 is 1. The highest BCUT2D eigenvalue weighted by Gasteiger charge is 2.38. The Hall–Kier alpha value is -1.52. The molecule has 0 aromatic carbocycles. The van der Waals surface area contributed by atoms with Gasteiger partial charge in [-0.25, -0.2) is 4.79 Å². The van der Waals surface area contributed by atoms with Crippen molar-refractivity contribution in [2.45, 2.75) is 45.8 Å². The van der Waals surface area contributed by atoms with E-state index in [2.05, 4.69) is 5.32 Å². The summed E-state index contributed by atoms with van der Waals surface area (Å²) in [6.07, 6.45) is 3.56. The van der Waals surface area contributed by atoms with Gasteiger partial charge in [0, 0.05) is 0 Å². The van der Waals surface area contributed by atoms with Crippen molar-refractivity contribution in [3.8, 4) is 0 Å². The van der Waals surface area contributed by atoms with E-state index in [1.165, 1.54) is 7.11 Å². The number of hydrogen-bond acceptors (Lipinski definition) is 4. The molecule has 1 aliphatic rings. The van der Waals surface area contributed by atoms with Crippen molar-refractivity contribution in [3.05, 3.63) is 12.2 Å². The molecule has 0 spiro atoms. The summed E-state index contributed by atoms with van der Waals surface area (Å²) in [5, 5.41) is 2.71. The van der Waals surface area contributed by atoms with E-state index in [1.54, 1.807) is 39.8 Å². The van der Waals surface area contributed by atoms with Crippen molar-refractivity contribution in [1.29, 1.82) is 0 Å². The van der Waals surface area contributed by atoms with Crippen LogP contribution in [-0.2, 0) is 14.3 Å². The molecular weight excluding hydrogens is 234 g/mol. The van der Waals surface area contributed by atoms with Gasteiger partial charge < -0.3 is 14.8 Å². The van der Waals surface area contributed by atoms with Gasteiger partial charge in [0.15, 0.2) is 0 Å².